The molecule has 3 aromatic rings. The van der Waals surface area contributed by atoms with Crippen molar-refractivity contribution in [3.63, 3.8) is 0 Å². The minimum absolute atomic E-state index is 0.234. The molecule has 0 aliphatic carbocycles. The molecule has 0 aliphatic heterocycles. The van der Waals surface area contributed by atoms with E-state index in [1.54, 1.807) is 14.2 Å². The van der Waals surface area contributed by atoms with Crippen molar-refractivity contribution in [2.24, 2.45) is 0 Å². The van der Waals surface area contributed by atoms with Gasteiger partial charge in [0.2, 0.25) is 0 Å². The molecule has 3 rings (SSSR count). The summed E-state index contributed by atoms with van der Waals surface area (Å²) in [5, 5.41) is 6.01. The van der Waals surface area contributed by atoms with E-state index in [2.05, 4.69) is 55.6 Å². The molecule has 0 aromatic heterocycles. The average molecular weight is 335 g/mol. The van der Waals surface area contributed by atoms with Gasteiger partial charge in [-0.3, -0.25) is 0 Å². The molecular weight excluding hydrogens is 310 g/mol. The first kappa shape index (κ1) is 17.3. The van der Waals surface area contributed by atoms with E-state index in [-0.39, 0.29) is 6.04 Å². The van der Waals surface area contributed by atoms with Crippen molar-refractivity contribution in [3.05, 3.63) is 71.3 Å². The van der Waals surface area contributed by atoms with E-state index in [0.717, 1.165) is 29.0 Å². The fourth-order valence-electron chi connectivity index (χ4n) is 3.29. The Hall–Kier alpha value is -2.52. The summed E-state index contributed by atoms with van der Waals surface area (Å²) in [4.78, 5) is 0. The second-order valence-corrected chi connectivity index (χ2v) is 6.31. The predicted molar refractivity (Wildman–Crippen MR) is 103 cm³/mol. The van der Waals surface area contributed by atoms with Gasteiger partial charge in [-0.15, -0.1) is 0 Å². The maximum Gasteiger partial charge on any atom is 0.126 e. The summed E-state index contributed by atoms with van der Waals surface area (Å²) in [6.45, 7) is 5.08. The molecule has 1 N–H and O–H groups in total. The monoisotopic (exact) mass is 335 g/mol. The van der Waals surface area contributed by atoms with Crippen molar-refractivity contribution in [2.45, 2.75) is 26.4 Å². The third-order valence-corrected chi connectivity index (χ3v) is 4.67. The molecule has 0 spiro atoms. The van der Waals surface area contributed by atoms with Gasteiger partial charge < -0.3 is 14.8 Å². The topological polar surface area (TPSA) is 30.5 Å². The first-order chi connectivity index (χ1) is 12.1. The zero-order valence-electron chi connectivity index (χ0n) is 15.3. The van der Waals surface area contributed by atoms with E-state index in [1.165, 1.54) is 16.5 Å². The van der Waals surface area contributed by atoms with Gasteiger partial charge in [0.25, 0.3) is 0 Å². The first-order valence-electron chi connectivity index (χ1n) is 8.56. The largest absolute Gasteiger partial charge is 0.496 e. The lowest BCUT2D eigenvalue weighted by Crippen LogP contribution is -2.18. The Morgan fingerprint density at radius 2 is 1.60 bits per heavy atom. The van der Waals surface area contributed by atoms with Gasteiger partial charge in [0.05, 0.1) is 14.2 Å². The summed E-state index contributed by atoms with van der Waals surface area (Å²) in [6.07, 6.45) is 0. The van der Waals surface area contributed by atoms with Crippen LogP contribution in [0.5, 0.6) is 11.5 Å². The molecule has 0 aliphatic rings. The maximum absolute atomic E-state index is 5.49. The molecule has 0 saturated carbocycles. The molecule has 0 bridgehead atoms. The van der Waals surface area contributed by atoms with Gasteiger partial charge in [0, 0.05) is 18.0 Å². The van der Waals surface area contributed by atoms with Gasteiger partial charge in [0.15, 0.2) is 0 Å². The van der Waals surface area contributed by atoms with Crippen molar-refractivity contribution in [1.29, 1.82) is 0 Å². The first-order valence-corrected chi connectivity index (χ1v) is 8.56. The van der Waals surface area contributed by atoms with E-state index < -0.39 is 0 Å². The number of rotatable bonds is 6. The number of fused-ring (bicyclic) bond motifs is 1. The zero-order chi connectivity index (χ0) is 17.8. The van der Waals surface area contributed by atoms with Gasteiger partial charge in [-0.25, -0.2) is 0 Å². The second kappa shape index (κ2) is 7.58. The molecule has 3 heteroatoms. The van der Waals surface area contributed by atoms with E-state index in [1.807, 2.05) is 18.2 Å². The van der Waals surface area contributed by atoms with E-state index in [0.29, 0.717) is 0 Å². The summed E-state index contributed by atoms with van der Waals surface area (Å²) in [5.41, 5.74) is 3.69. The predicted octanol–water partition coefficient (Wildman–Crippen LogP) is 5.02. The number of aryl methyl sites for hydroxylation is 1. The fraction of sp³-hybridized carbons (Fsp3) is 0.273. The van der Waals surface area contributed by atoms with E-state index in [4.69, 9.17) is 9.47 Å². The number of ether oxygens (including phenoxy) is 2. The van der Waals surface area contributed by atoms with Crippen molar-refractivity contribution < 1.29 is 9.47 Å². The molecule has 25 heavy (non-hydrogen) atoms. The van der Waals surface area contributed by atoms with Crippen LogP contribution in [0.15, 0.2) is 54.6 Å². The lowest BCUT2D eigenvalue weighted by molar-refractivity contribution is 0.411. The standard InChI is InChI=1S/C22H25NO2/c1-15-13-17(11-12-21(15)24-3)14-23-16(2)18-7-5-9-20-19(18)8-6-10-22(20)25-4/h5-13,16,23H,14H2,1-4H3. The molecule has 1 unspecified atom stereocenters. The molecule has 0 saturated heterocycles. The number of nitrogens with one attached hydrogen (secondary N) is 1. The fourth-order valence-corrected chi connectivity index (χ4v) is 3.29. The summed E-state index contributed by atoms with van der Waals surface area (Å²) >= 11 is 0. The normalized spacial score (nSPS) is 12.2. The summed E-state index contributed by atoms with van der Waals surface area (Å²) in [7, 11) is 3.42. The zero-order valence-corrected chi connectivity index (χ0v) is 15.3. The molecule has 0 fully saturated rings. The Labute approximate surface area is 149 Å². The number of benzene rings is 3. The van der Waals surface area contributed by atoms with Crippen LogP contribution in [0.1, 0.15) is 29.7 Å². The van der Waals surface area contributed by atoms with E-state index >= 15 is 0 Å². The van der Waals surface area contributed by atoms with Crippen LogP contribution in [0, 0.1) is 6.92 Å². The molecule has 0 radical (unpaired) electrons. The molecule has 1 atom stereocenters. The Morgan fingerprint density at radius 1 is 0.880 bits per heavy atom. The van der Waals surface area contributed by atoms with Crippen molar-refractivity contribution in [3.8, 4) is 11.5 Å². The summed E-state index contributed by atoms with van der Waals surface area (Å²) in [5.74, 6) is 1.84. The van der Waals surface area contributed by atoms with Crippen LogP contribution in [0.25, 0.3) is 10.8 Å². The minimum Gasteiger partial charge on any atom is -0.496 e. The molecular formula is C22H25NO2. The van der Waals surface area contributed by atoms with Crippen LogP contribution in [-0.2, 0) is 6.54 Å². The third-order valence-electron chi connectivity index (χ3n) is 4.67. The van der Waals surface area contributed by atoms with Gasteiger partial charge in [0.1, 0.15) is 11.5 Å². The number of hydrogen-bond donors (Lipinski definition) is 1. The highest BCUT2D eigenvalue weighted by Crippen LogP contribution is 2.30. The van der Waals surface area contributed by atoms with Crippen LogP contribution in [0.3, 0.4) is 0 Å². The Kier molecular flexibility index (Phi) is 5.25. The van der Waals surface area contributed by atoms with Crippen LogP contribution in [0.4, 0.5) is 0 Å². The lowest BCUT2D eigenvalue weighted by Gasteiger charge is -2.18. The second-order valence-electron chi connectivity index (χ2n) is 6.31. The number of methoxy groups -OCH3 is 2. The van der Waals surface area contributed by atoms with Crippen molar-refractivity contribution in [1.82, 2.24) is 5.32 Å². The highest BCUT2D eigenvalue weighted by Gasteiger charge is 2.11. The quantitative estimate of drug-likeness (QED) is 0.686. The molecule has 0 heterocycles. The van der Waals surface area contributed by atoms with Crippen molar-refractivity contribution in [2.75, 3.05) is 14.2 Å². The highest BCUT2D eigenvalue weighted by atomic mass is 16.5. The van der Waals surface area contributed by atoms with Crippen LogP contribution >= 0.6 is 0 Å². The molecule has 0 amide bonds. The van der Waals surface area contributed by atoms with Gasteiger partial charge in [-0.05, 0) is 48.1 Å². The van der Waals surface area contributed by atoms with Crippen LogP contribution in [-0.4, -0.2) is 14.2 Å². The Balaban J connectivity index is 1.81. The van der Waals surface area contributed by atoms with Crippen molar-refractivity contribution >= 4 is 10.8 Å². The third kappa shape index (κ3) is 3.62. The Morgan fingerprint density at radius 3 is 2.32 bits per heavy atom. The smallest absolute Gasteiger partial charge is 0.126 e. The number of hydrogen-bond acceptors (Lipinski definition) is 3. The molecule has 3 aromatic carbocycles. The average Bonchev–Trinajstić information content (AvgIpc) is 2.65. The SMILES string of the molecule is COc1ccc(CNC(C)c2cccc3c(OC)cccc23)cc1C. The summed E-state index contributed by atoms with van der Waals surface area (Å²) < 4.78 is 10.8. The van der Waals surface area contributed by atoms with Gasteiger partial charge in [-0.2, -0.15) is 0 Å². The van der Waals surface area contributed by atoms with Gasteiger partial charge in [-0.1, -0.05) is 42.5 Å². The van der Waals surface area contributed by atoms with Gasteiger partial charge >= 0.3 is 0 Å². The minimum atomic E-state index is 0.234. The highest BCUT2D eigenvalue weighted by molar-refractivity contribution is 5.91. The lowest BCUT2D eigenvalue weighted by atomic mass is 9.99. The van der Waals surface area contributed by atoms with Crippen LogP contribution < -0.4 is 14.8 Å². The van der Waals surface area contributed by atoms with Crippen LogP contribution in [0.2, 0.25) is 0 Å². The molecule has 3 nitrogen and oxygen atoms in total. The summed E-state index contributed by atoms with van der Waals surface area (Å²) in [6, 6.07) is 19.1. The molecule has 130 valence electrons. The Bertz CT molecular complexity index is 873. The maximum atomic E-state index is 5.49. The van der Waals surface area contributed by atoms with E-state index in [9.17, 15) is 0 Å².